The summed E-state index contributed by atoms with van der Waals surface area (Å²) >= 11 is 6.31. The van der Waals surface area contributed by atoms with E-state index in [0.29, 0.717) is 27.1 Å². The molecule has 1 amide bonds. The molecule has 0 bridgehead atoms. The lowest BCUT2D eigenvalue weighted by molar-refractivity contribution is -0.121. The molecule has 0 aliphatic carbocycles. The minimum atomic E-state index is -0.291. The molecule has 27 heavy (non-hydrogen) atoms. The van der Waals surface area contributed by atoms with Gasteiger partial charge in [-0.25, -0.2) is 4.98 Å². The number of hydrogen-bond acceptors (Lipinski definition) is 7. The molecule has 3 rings (SSSR count). The zero-order valence-electron chi connectivity index (χ0n) is 15.2. The number of aromatic nitrogens is 2. The molecule has 3 heterocycles. The molecule has 1 saturated heterocycles. The van der Waals surface area contributed by atoms with Crippen LogP contribution in [0, 0.1) is 6.92 Å². The highest BCUT2D eigenvalue weighted by Crippen LogP contribution is 2.32. The molecule has 0 spiro atoms. The van der Waals surface area contributed by atoms with Crippen LogP contribution in [-0.2, 0) is 4.79 Å². The maximum Gasteiger partial charge on any atom is 0.267 e. The van der Waals surface area contributed by atoms with E-state index in [0.717, 1.165) is 17.3 Å². The zero-order chi connectivity index (χ0) is 19.7. The van der Waals surface area contributed by atoms with Gasteiger partial charge in [0.2, 0.25) is 0 Å². The second-order valence-corrected chi connectivity index (χ2v) is 7.91. The number of aryl methyl sites for hydroxylation is 1. The van der Waals surface area contributed by atoms with Crippen LogP contribution in [0.15, 0.2) is 28.0 Å². The number of rotatable bonds is 5. The number of amides is 1. The first-order valence-corrected chi connectivity index (χ1v) is 9.70. The summed E-state index contributed by atoms with van der Waals surface area (Å²) in [4.78, 5) is 31.8. The summed E-state index contributed by atoms with van der Waals surface area (Å²) < 4.78 is 1.89. The Labute approximate surface area is 166 Å². The largest absolute Gasteiger partial charge is 0.394 e. The predicted octanol–water partition coefficient (Wildman–Crippen LogP) is 2.02. The third kappa shape index (κ3) is 3.62. The molecule has 1 aliphatic rings. The summed E-state index contributed by atoms with van der Waals surface area (Å²) in [6.07, 6.45) is 3.83. The number of pyridine rings is 1. The molecule has 1 aliphatic heterocycles. The number of likely N-dealkylation sites (N-methyl/N-ethyl adjacent to an activating group) is 1. The fraction of sp³-hybridized carbons (Fsp3) is 0.333. The number of nitrogens with one attached hydrogen (secondary N) is 1. The molecule has 2 aromatic rings. The Bertz CT molecular complexity index is 1010. The summed E-state index contributed by atoms with van der Waals surface area (Å²) in [5.74, 6) is 0.0930. The maximum absolute atomic E-state index is 13.1. The van der Waals surface area contributed by atoms with Crippen LogP contribution in [0.2, 0.25) is 0 Å². The van der Waals surface area contributed by atoms with E-state index in [-0.39, 0.29) is 29.7 Å². The lowest BCUT2D eigenvalue weighted by Crippen LogP contribution is -2.28. The minimum absolute atomic E-state index is 0.0954. The number of thioether (sulfide) groups is 1. The van der Waals surface area contributed by atoms with Crippen LogP contribution >= 0.6 is 24.0 Å². The van der Waals surface area contributed by atoms with Crippen molar-refractivity contribution in [1.29, 1.82) is 0 Å². The predicted molar refractivity (Wildman–Crippen MR) is 112 cm³/mol. The normalized spacial score (nSPS) is 17.2. The number of carbonyl (C=O) groups is 1. The van der Waals surface area contributed by atoms with E-state index in [4.69, 9.17) is 12.2 Å². The highest BCUT2D eigenvalue weighted by atomic mass is 32.2. The van der Waals surface area contributed by atoms with Gasteiger partial charge in [-0.2, -0.15) is 0 Å². The van der Waals surface area contributed by atoms with Crippen molar-refractivity contribution in [3.63, 3.8) is 0 Å². The van der Waals surface area contributed by atoms with Crippen molar-refractivity contribution in [3.8, 4) is 0 Å². The number of aliphatic hydroxyl groups is 1. The van der Waals surface area contributed by atoms with Crippen LogP contribution in [-0.4, -0.2) is 49.3 Å². The number of nitrogens with zero attached hydrogens (tertiary/aromatic N) is 3. The second kappa shape index (κ2) is 7.79. The number of aliphatic hydroxyl groups excluding tert-OH is 1. The van der Waals surface area contributed by atoms with Crippen molar-refractivity contribution < 1.29 is 9.90 Å². The average molecular weight is 405 g/mol. The van der Waals surface area contributed by atoms with Gasteiger partial charge in [-0.1, -0.05) is 37.0 Å². The zero-order valence-corrected chi connectivity index (χ0v) is 16.9. The number of thiocarbonyl (C=S) groups is 1. The van der Waals surface area contributed by atoms with Gasteiger partial charge < -0.3 is 10.4 Å². The average Bonchev–Trinajstić information content (AvgIpc) is 2.90. The Hall–Kier alpha value is -2.23. The van der Waals surface area contributed by atoms with E-state index in [1.165, 1.54) is 15.4 Å². The van der Waals surface area contributed by atoms with Crippen LogP contribution in [0.5, 0.6) is 0 Å². The number of hydrogen-bond donors (Lipinski definition) is 2. The van der Waals surface area contributed by atoms with Gasteiger partial charge >= 0.3 is 0 Å². The molecule has 9 heteroatoms. The number of fused-ring (bicyclic) bond motifs is 1. The van der Waals surface area contributed by atoms with Crippen LogP contribution in [0.1, 0.15) is 24.5 Å². The highest BCUT2D eigenvalue weighted by Gasteiger charge is 2.29. The standard InChI is InChI=1S/C18H20N4O3S2/c1-4-11(9-23)19-14-12(8-13-17(25)21(3)18(26)27-13)16(24)22-7-5-6-10(2)15(22)20-14/h5-8,11,19,23H,4,9H2,1-3H3/b13-8-/t11-/m1/s1. The van der Waals surface area contributed by atoms with Gasteiger partial charge in [0, 0.05) is 13.2 Å². The Morgan fingerprint density at radius 2 is 2.19 bits per heavy atom. The lowest BCUT2D eigenvalue weighted by Gasteiger charge is -2.17. The highest BCUT2D eigenvalue weighted by molar-refractivity contribution is 8.26. The van der Waals surface area contributed by atoms with Crippen molar-refractivity contribution in [3.05, 3.63) is 44.7 Å². The summed E-state index contributed by atoms with van der Waals surface area (Å²) in [6, 6.07) is 3.39. The van der Waals surface area contributed by atoms with Gasteiger partial charge in [0.25, 0.3) is 11.5 Å². The van der Waals surface area contributed by atoms with Gasteiger partial charge in [0.05, 0.1) is 23.1 Å². The molecule has 142 valence electrons. The SMILES string of the molecule is CC[C@H](CO)Nc1nc2c(C)cccn2c(=O)c1/C=C1\SC(=S)N(C)C1=O. The molecular weight excluding hydrogens is 384 g/mol. The fourth-order valence-electron chi connectivity index (χ4n) is 2.70. The Morgan fingerprint density at radius 1 is 1.44 bits per heavy atom. The summed E-state index contributed by atoms with van der Waals surface area (Å²) in [6.45, 7) is 3.70. The van der Waals surface area contributed by atoms with E-state index >= 15 is 0 Å². The fourth-order valence-corrected chi connectivity index (χ4v) is 3.86. The van der Waals surface area contributed by atoms with E-state index in [1.807, 2.05) is 19.9 Å². The molecule has 2 aromatic heterocycles. The van der Waals surface area contributed by atoms with Crippen LogP contribution < -0.4 is 10.9 Å². The first kappa shape index (κ1) is 19.5. The van der Waals surface area contributed by atoms with Crippen LogP contribution in [0.4, 0.5) is 5.82 Å². The van der Waals surface area contributed by atoms with Crippen molar-refractivity contribution in [2.45, 2.75) is 26.3 Å². The number of carbonyl (C=O) groups excluding carboxylic acids is 1. The quantitative estimate of drug-likeness (QED) is 0.582. The van der Waals surface area contributed by atoms with Gasteiger partial charge in [-0.05, 0) is 31.1 Å². The van der Waals surface area contributed by atoms with Gasteiger partial charge in [-0.15, -0.1) is 0 Å². The van der Waals surface area contributed by atoms with E-state index < -0.39 is 0 Å². The van der Waals surface area contributed by atoms with Crippen molar-refractivity contribution in [2.75, 3.05) is 19.0 Å². The lowest BCUT2D eigenvalue weighted by atomic mass is 10.2. The smallest absolute Gasteiger partial charge is 0.267 e. The monoisotopic (exact) mass is 404 g/mol. The van der Waals surface area contributed by atoms with Crippen LogP contribution in [0.3, 0.4) is 0 Å². The van der Waals surface area contributed by atoms with E-state index in [9.17, 15) is 14.7 Å². The summed E-state index contributed by atoms with van der Waals surface area (Å²) in [5, 5.41) is 12.7. The minimum Gasteiger partial charge on any atom is -0.394 e. The first-order valence-electron chi connectivity index (χ1n) is 8.48. The molecule has 1 fully saturated rings. The first-order chi connectivity index (χ1) is 12.9. The Morgan fingerprint density at radius 3 is 2.78 bits per heavy atom. The summed E-state index contributed by atoms with van der Waals surface area (Å²) in [7, 11) is 1.60. The van der Waals surface area contributed by atoms with Gasteiger partial charge in [0.15, 0.2) is 0 Å². The van der Waals surface area contributed by atoms with E-state index in [1.54, 1.807) is 19.3 Å². The number of anilines is 1. The molecule has 0 saturated carbocycles. The third-order valence-corrected chi connectivity index (χ3v) is 5.89. The van der Waals surface area contributed by atoms with Crippen molar-refractivity contribution in [1.82, 2.24) is 14.3 Å². The van der Waals surface area contributed by atoms with Gasteiger partial charge in [0.1, 0.15) is 15.8 Å². The topological polar surface area (TPSA) is 86.9 Å². The molecule has 7 nitrogen and oxygen atoms in total. The molecule has 0 radical (unpaired) electrons. The Kier molecular flexibility index (Phi) is 5.64. The molecule has 1 atom stereocenters. The Balaban J connectivity index is 2.23. The van der Waals surface area contributed by atoms with Crippen molar-refractivity contribution >= 4 is 51.7 Å². The molecule has 0 unspecified atom stereocenters. The van der Waals surface area contributed by atoms with Crippen molar-refractivity contribution in [2.24, 2.45) is 0 Å². The maximum atomic E-state index is 13.1. The van der Waals surface area contributed by atoms with Crippen LogP contribution in [0.25, 0.3) is 11.7 Å². The van der Waals surface area contributed by atoms with E-state index in [2.05, 4.69) is 10.3 Å². The molecule has 0 aromatic carbocycles. The third-order valence-electron chi connectivity index (χ3n) is 4.40. The summed E-state index contributed by atoms with van der Waals surface area (Å²) in [5.41, 5.74) is 1.35. The van der Waals surface area contributed by atoms with Gasteiger partial charge in [-0.3, -0.25) is 18.9 Å². The molecular formula is C18H20N4O3S2. The second-order valence-electron chi connectivity index (χ2n) is 6.24. The molecule has 2 N–H and O–H groups in total.